The number of para-hydroxylation sites is 2. The van der Waals surface area contributed by atoms with Crippen molar-refractivity contribution >= 4 is 22.8 Å². The number of benzene rings is 1. The fourth-order valence-electron chi connectivity index (χ4n) is 2.08. The topological polar surface area (TPSA) is 71.0 Å². The summed E-state index contributed by atoms with van der Waals surface area (Å²) in [5.74, 6) is 2.26. The van der Waals surface area contributed by atoms with Crippen LogP contribution in [-0.2, 0) is 5.75 Å². The molecule has 0 bridgehead atoms. The summed E-state index contributed by atoms with van der Waals surface area (Å²) in [6.07, 6.45) is 1.68. The minimum Gasteiger partial charge on any atom is -0.467 e. The second-order valence-corrected chi connectivity index (χ2v) is 5.47. The molecule has 108 valence electrons. The number of hydrogen-bond donors (Lipinski definition) is 2. The van der Waals surface area contributed by atoms with Crippen molar-refractivity contribution in [1.29, 1.82) is 0 Å². The number of rotatable bonds is 5. The molecule has 0 aliphatic heterocycles. The van der Waals surface area contributed by atoms with Crippen LogP contribution in [0, 0.1) is 6.92 Å². The van der Waals surface area contributed by atoms with Crippen LogP contribution in [0.15, 0.2) is 41.6 Å². The number of nitrogens with one attached hydrogen (secondary N) is 1. The molecule has 1 aromatic carbocycles. The summed E-state index contributed by atoms with van der Waals surface area (Å²) in [6, 6.07) is 9.70. The van der Waals surface area contributed by atoms with Gasteiger partial charge in [0.2, 0.25) is 0 Å². The molecule has 0 saturated heterocycles. The highest BCUT2D eigenvalue weighted by Crippen LogP contribution is 2.29. The van der Waals surface area contributed by atoms with E-state index < -0.39 is 0 Å². The van der Waals surface area contributed by atoms with Crippen LogP contribution in [0.3, 0.4) is 0 Å². The third-order valence-corrected chi connectivity index (χ3v) is 4.21. The summed E-state index contributed by atoms with van der Waals surface area (Å²) in [4.78, 5) is 12.2. The SMILES string of the molecule is Cc1c(OCO)ccnc1SCc1nc2ccccc2[nH]1. The number of ether oxygens (including phenoxy) is 1. The Balaban J connectivity index is 1.76. The molecule has 0 aliphatic carbocycles. The first-order valence-corrected chi connectivity index (χ1v) is 7.52. The normalized spacial score (nSPS) is 11.0. The van der Waals surface area contributed by atoms with Gasteiger partial charge in [0.1, 0.15) is 16.6 Å². The molecule has 0 saturated carbocycles. The van der Waals surface area contributed by atoms with E-state index in [1.54, 1.807) is 24.0 Å². The summed E-state index contributed by atoms with van der Waals surface area (Å²) in [6.45, 7) is 1.59. The highest BCUT2D eigenvalue weighted by Gasteiger charge is 2.09. The molecule has 2 N–H and O–H groups in total. The molecule has 0 unspecified atom stereocenters. The molecule has 0 atom stereocenters. The van der Waals surface area contributed by atoms with Gasteiger partial charge in [-0.2, -0.15) is 0 Å². The van der Waals surface area contributed by atoms with Crippen LogP contribution in [0.5, 0.6) is 5.75 Å². The molecule has 2 aromatic heterocycles. The highest BCUT2D eigenvalue weighted by molar-refractivity contribution is 7.98. The predicted molar refractivity (Wildman–Crippen MR) is 82.3 cm³/mol. The predicted octanol–water partition coefficient (Wildman–Crippen LogP) is 2.89. The van der Waals surface area contributed by atoms with Crippen LogP contribution in [0.4, 0.5) is 0 Å². The quantitative estimate of drug-likeness (QED) is 0.560. The Labute approximate surface area is 126 Å². The van der Waals surface area contributed by atoms with E-state index in [1.165, 1.54) is 0 Å². The molecule has 0 fully saturated rings. The van der Waals surface area contributed by atoms with Gasteiger partial charge in [-0.1, -0.05) is 23.9 Å². The number of aromatic nitrogens is 3. The van der Waals surface area contributed by atoms with Crippen LogP contribution in [0.1, 0.15) is 11.4 Å². The monoisotopic (exact) mass is 301 g/mol. The van der Waals surface area contributed by atoms with Crippen molar-refractivity contribution in [3.05, 3.63) is 47.9 Å². The van der Waals surface area contributed by atoms with Gasteiger partial charge in [-0.25, -0.2) is 9.97 Å². The van der Waals surface area contributed by atoms with Crippen molar-refractivity contribution in [2.75, 3.05) is 6.79 Å². The lowest BCUT2D eigenvalue weighted by Gasteiger charge is -2.09. The summed E-state index contributed by atoms with van der Waals surface area (Å²) in [7, 11) is 0. The summed E-state index contributed by atoms with van der Waals surface area (Å²) in [5, 5.41) is 9.74. The van der Waals surface area contributed by atoms with Crippen molar-refractivity contribution in [1.82, 2.24) is 15.0 Å². The Bertz CT molecular complexity index is 725. The third kappa shape index (κ3) is 3.01. The number of thioether (sulfide) groups is 1. The lowest BCUT2D eigenvalue weighted by Crippen LogP contribution is -1.98. The lowest BCUT2D eigenvalue weighted by molar-refractivity contribution is 0.0974. The third-order valence-electron chi connectivity index (χ3n) is 3.11. The molecule has 21 heavy (non-hydrogen) atoms. The number of aliphatic hydroxyl groups excluding tert-OH is 1. The van der Waals surface area contributed by atoms with E-state index in [0.29, 0.717) is 11.5 Å². The number of aliphatic hydroxyl groups is 1. The Kier molecular flexibility index (Phi) is 4.08. The van der Waals surface area contributed by atoms with Gasteiger partial charge in [0, 0.05) is 11.8 Å². The zero-order chi connectivity index (χ0) is 14.7. The molecule has 5 nitrogen and oxygen atoms in total. The van der Waals surface area contributed by atoms with Gasteiger partial charge < -0.3 is 14.8 Å². The first-order chi connectivity index (χ1) is 10.3. The summed E-state index contributed by atoms with van der Waals surface area (Å²) < 4.78 is 5.16. The highest BCUT2D eigenvalue weighted by atomic mass is 32.2. The summed E-state index contributed by atoms with van der Waals surface area (Å²) in [5.41, 5.74) is 2.93. The average Bonchev–Trinajstić information content (AvgIpc) is 2.91. The molecule has 6 heteroatoms. The Morgan fingerprint density at radius 2 is 2.14 bits per heavy atom. The second kappa shape index (κ2) is 6.15. The molecule has 2 heterocycles. The molecular formula is C15H15N3O2S. The largest absolute Gasteiger partial charge is 0.467 e. The number of H-pyrrole nitrogens is 1. The van der Waals surface area contributed by atoms with E-state index in [0.717, 1.165) is 27.4 Å². The number of imidazole rings is 1. The first-order valence-electron chi connectivity index (χ1n) is 6.53. The Morgan fingerprint density at radius 3 is 2.95 bits per heavy atom. The Hall–Kier alpha value is -2.05. The van der Waals surface area contributed by atoms with Gasteiger partial charge in [-0.3, -0.25) is 0 Å². The van der Waals surface area contributed by atoms with Crippen LogP contribution >= 0.6 is 11.8 Å². The minimum atomic E-state index is -0.335. The van der Waals surface area contributed by atoms with Crippen molar-refractivity contribution in [3.8, 4) is 5.75 Å². The van der Waals surface area contributed by atoms with Crippen molar-refractivity contribution < 1.29 is 9.84 Å². The first kappa shape index (κ1) is 13.9. The van der Waals surface area contributed by atoms with E-state index in [4.69, 9.17) is 9.84 Å². The van der Waals surface area contributed by atoms with Crippen molar-refractivity contribution in [2.24, 2.45) is 0 Å². The zero-order valence-electron chi connectivity index (χ0n) is 11.5. The van der Waals surface area contributed by atoms with Gasteiger partial charge >= 0.3 is 0 Å². The molecule has 0 aliphatic rings. The van der Waals surface area contributed by atoms with Crippen molar-refractivity contribution in [2.45, 2.75) is 17.7 Å². The average molecular weight is 301 g/mol. The smallest absolute Gasteiger partial charge is 0.186 e. The number of fused-ring (bicyclic) bond motifs is 1. The van der Waals surface area contributed by atoms with E-state index >= 15 is 0 Å². The van der Waals surface area contributed by atoms with Crippen molar-refractivity contribution in [3.63, 3.8) is 0 Å². The molecule has 0 spiro atoms. The van der Waals surface area contributed by atoms with E-state index in [-0.39, 0.29) is 6.79 Å². The summed E-state index contributed by atoms with van der Waals surface area (Å²) >= 11 is 1.59. The number of nitrogens with zero attached hydrogens (tertiary/aromatic N) is 2. The molecule has 0 amide bonds. The maximum atomic E-state index is 8.86. The fraction of sp³-hybridized carbons (Fsp3) is 0.200. The van der Waals surface area contributed by atoms with Gasteiger partial charge in [0.25, 0.3) is 0 Å². The van der Waals surface area contributed by atoms with E-state index in [2.05, 4.69) is 15.0 Å². The number of aromatic amines is 1. The molecule has 3 rings (SSSR count). The van der Waals surface area contributed by atoms with Gasteiger partial charge in [-0.05, 0) is 25.1 Å². The fourth-order valence-corrected chi connectivity index (χ4v) is 2.94. The molecular weight excluding hydrogens is 286 g/mol. The molecule has 0 radical (unpaired) electrons. The molecule has 3 aromatic rings. The maximum Gasteiger partial charge on any atom is 0.186 e. The van der Waals surface area contributed by atoms with Gasteiger partial charge in [-0.15, -0.1) is 0 Å². The zero-order valence-corrected chi connectivity index (χ0v) is 12.4. The maximum absolute atomic E-state index is 8.86. The van der Waals surface area contributed by atoms with E-state index in [9.17, 15) is 0 Å². The van der Waals surface area contributed by atoms with Crippen LogP contribution in [-0.4, -0.2) is 26.9 Å². The Morgan fingerprint density at radius 1 is 1.29 bits per heavy atom. The minimum absolute atomic E-state index is 0.335. The number of pyridine rings is 1. The van der Waals surface area contributed by atoms with Gasteiger partial charge in [0.15, 0.2) is 6.79 Å². The van der Waals surface area contributed by atoms with Crippen LogP contribution in [0.2, 0.25) is 0 Å². The van der Waals surface area contributed by atoms with Crippen LogP contribution < -0.4 is 4.74 Å². The number of hydrogen-bond acceptors (Lipinski definition) is 5. The van der Waals surface area contributed by atoms with Crippen LogP contribution in [0.25, 0.3) is 11.0 Å². The second-order valence-electron chi connectivity index (χ2n) is 4.50. The standard InChI is InChI=1S/C15H15N3O2S/c1-10-13(20-9-19)6-7-16-15(10)21-8-14-17-11-4-2-3-5-12(11)18-14/h2-7,19H,8-9H2,1H3,(H,17,18). The van der Waals surface area contributed by atoms with Gasteiger partial charge in [0.05, 0.1) is 16.8 Å². The lowest BCUT2D eigenvalue weighted by atomic mass is 10.3. The van der Waals surface area contributed by atoms with E-state index in [1.807, 2.05) is 31.2 Å².